The second-order valence-corrected chi connectivity index (χ2v) is 15.8. The Morgan fingerprint density at radius 2 is 1.76 bits per heavy atom. The second-order valence-electron chi connectivity index (χ2n) is 15.8. The van der Waals surface area contributed by atoms with Crippen molar-refractivity contribution in [3.63, 3.8) is 0 Å². The maximum absolute atomic E-state index is 13.3. The average molecular weight is 710 g/mol. The number of non-ortho nitro benzene ring substituents is 1. The van der Waals surface area contributed by atoms with Gasteiger partial charge in [0.25, 0.3) is 11.6 Å². The molecule has 2 N–H and O–H groups in total. The van der Waals surface area contributed by atoms with Gasteiger partial charge in [0.05, 0.1) is 24.5 Å². The van der Waals surface area contributed by atoms with Crippen molar-refractivity contribution in [3.8, 4) is 0 Å². The minimum atomic E-state index is -1.39. The maximum Gasteiger partial charge on any atom is 0.329 e. The number of hydrogen-bond acceptors (Lipinski definition) is 9. The molecule has 278 valence electrons. The number of carboxylic acid groups (broad SMARTS) is 1. The molecule has 51 heavy (non-hydrogen) atoms. The second kappa shape index (κ2) is 16.0. The van der Waals surface area contributed by atoms with Gasteiger partial charge in [0.2, 0.25) is 0 Å². The molecule has 0 aliphatic heterocycles. The fourth-order valence-corrected chi connectivity index (χ4v) is 10.8. The molecule has 3 unspecified atom stereocenters. The maximum atomic E-state index is 13.3. The molecule has 0 saturated heterocycles. The Kier molecular flexibility index (Phi) is 11.9. The van der Waals surface area contributed by atoms with E-state index in [-0.39, 0.29) is 47.3 Å². The van der Waals surface area contributed by atoms with Gasteiger partial charge in [0.15, 0.2) is 0 Å². The zero-order chi connectivity index (χ0) is 36.9. The van der Waals surface area contributed by atoms with Crippen molar-refractivity contribution in [2.45, 2.75) is 110 Å². The number of fused-ring (bicyclic) bond motifs is 5. The standard InChI is InChI=1S/C37H51N5O9/c1-22(4-13-33(45)50-19-18-39-41-38)28-11-12-29-27-10-7-24-20-26(14-16-36(24,2)30(27)15-17-37(28,29)3)51-35(47)31(21-32(43)44)40-34(46)23-5-8-25(9-6-23)42(48)49/h5-6,8-9,22,24,26-31H,4,7,10-21H2,1-3H3,(H,40,46)(H,43,44)/t22?,24-,26-,27+,28?,29+,30+,31?,36+,37-/m1/s1. The van der Waals surface area contributed by atoms with Gasteiger partial charge >= 0.3 is 17.9 Å². The first-order chi connectivity index (χ1) is 24.3. The van der Waals surface area contributed by atoms with Gasteiger partial charge in [-0.25, -0.2) is 4.79 Å². The first kappa shape index (κ1) is 38.1. The molecule has 14 nitrogen and oxygen atoms in total. The number of hydrogen-bond donors (Lipinski definition) is 2. The van der Waals surface area contributed by atoms with Crippen molar-refractivity contribution in [2.24, 2.45) is 51.5 Å². The smallest absolute Gasteiger partial charge is 0.329 e. The molecule has 0 spiro atoms. The van der Waals surface area contributed by atoms with Gasteiger partial charge in [-0.15, -0.1) is 0 Å². The summed E-state index contributed by atoms with van der Waals surface area (Å²) < 4.78 is 11.1. The average Bonchev–Trinajstić information content (AvgIpc) is 3.46. The van der Waals surface area contributed by atoms with Gasteiger partial charge in [-0.3, -0.25) is 24.5 Å². The lowest BCUT2D eigenvalue weighted by molar-refractivity contribution is -0.384. The molecule has 0 aromatic heterocycles. The number of aliphatic carboxylic acids is 1. The molecular weight excluding hydrogens is 658 g/mol. The van der Waals surface area contributed by atoms with Crippen LogP contribution < -0.4 is 5.32 Å². The van der Waals surface area contributed by atoms with E-state index in [2.05, 4.69) is 36.1 Å². The van der Waals surface area contributed by atoms with Crippen molar-refractivity contribution in [1.29, 1.82) is 0 Å². The van der Waals surface area contributed by atoms with Crippen LogP contribution in [0.3, 0.4) is 0 Å². The quantitative estimate of drug-likeness (QED) is 0.0386. The predicted molar refractivity (Wildman–Crippen MR) is 185 cm³/mol. The van der Waals surface area contributed by atoms with Gasteiger partial charge in [0.1, 0.15) is 12.1 Å². The van der Waals surface area contributed by atoms with Crippen LogP contribution in [0, 0.1) is 56.5 Å². The summed E-state index contributed by atoms with van der Waals surface area (Å²) in [4.78, 5) is 63.1. The van der Waals surface area contributed by atoms with E-state index >= 15 is 0 Å². The first-order valence-electron chi connectivity index (χ1n) is 18.4. The number of azide groups is 1. The summed E-state index contributed by atoms with van der Waals surface area (Å²) in [7, 11) is 0. The number of carbonyl (C=O) groups is 4. The van der Waals surface area contributed by atoms with Gasteiger partial charge in [0, 0.05) is 29.0 Å². The monoisotopic (exact) mass is 709 g/mol. The minimum Gasteiger partial charge on any atom is -0.481 e. The van der Waals surface area contributed by atoms with Crippen LogP contribution >= 0.6 is 0 Å². The molecule has 0 bridgehead atoms. The number of amides is 1. The number of nitro groups is 1. The number of esters is 2. The van der Waals surface area contributed by atoms with Gasteiger partial charge in [-0.2, -0.15) is 0 Å². The van der Waals surface area contributed by atoms with E-state index < -0.39 is 35.2 Å². The molecule has 14 heteroatoms. The topological polar surface area (TPSA) is 211 Å². The number of carbonyl (C=O) groups excluding carboxylic acids is 3. The molecule has 1 amide bonds. The molecule has 5 rings (SSSR count). The Bertz CT molecular complexity index is 1530. The Morgan fingerprint density at radius 3 is 2.45 bits per heavy atom. The molecular formula is C37H51N5O9. The van der Waals surface area contributed by atoms with Crippen LogP contribution in [0.4, 0.5) is 5.69 Å². The molecule has 4 aliphatic rings. The molecule has 4 aliphatic carbocycles. The molecule has 1 aromatic carbocycles. The van der Waals surface area contributed by atoms with Crippen molar-refractivity contribution in [2.75, 3.05) is 13.2 Å². The predicted octanol–water partition coefficient (Wildman–Crippen LogP) is 7.01. The largest absolute Gasteiger partial charge is 0.481 e. The third kappa shape index (κ3) is 8.32. The SMILES string of the molecule is CC(CCC(=O)OCCN=[N+]=[N-])C1CC[C@H]2[C@@H]3CC[C@@H]4C[C@H](OC(=O)C(CC(=O)O)NC(=O)c5ccc([N+](=O)[O-])cc5)CC[C@]4(C)[C@H]3CC[C@]12C. The van der Waals surface area contributed by atoms with E-state index in [9.17, 15) is 34.4 Å². The van der Waals surface area contributed by atoms with Gasteiger partial charge < -0.3 is 19.9 Å². The Labute approximate surface area is 298 Å². The minimum absolute atomic E-state index is 0.0701. The number of nitrogens with one attached hydrogen (secondary N) is 1. The van der Waals surface area contributed by atoms with Crippen LogP contribution in [0.1, 0.15) is 108 Å². The summed E-state index contributed by atoms with van der Waals surface area (Å²) in [5, 5.41) is 26.3. The normalized spacial score (nSPS) is 32.1. The van der Waals surface area contributed by atoms with E-state index in [4.69, 9.17) is 15.0 Å². The fourth-order valence-electron chi connectivity index (χ4n) is 10.8. The summed E-state index contributed by atoms with van der Waals surface area (Å²) >= 11 is 0. The molecule has 0 heterocycles. The van der Waals surface area contributed by atoms with Crippen LogP contribution in [0.2, 0.25) is 0 Å². The Balaban J connectivity index is 1.16. The number of carboxylic acids is 1. The molecule has 10 atom stereocenters. The highest BCUT2D eigenvalue weighted by Crippen LogP contribution is 2.68. The summed E-state index contributed by atoms with van der Waals surface area (Å²) in [5.41, 5.74) is 8.64. The zero-order valence-corrected chi connectivity index (χ0v) is 29.8. The van der Waals surface area contributed by atoms with Crippen molar-refractivity contribution in [3.05, 3.63) is 50.4 Å². The van der Waals surface area contributed by atoms with E-state index in [0.717, 1.165) is 38.5 Å². The van der Waals surface area contributed by atoms with Crippen molar-refractivity contribution in [1.82, 2.24) is 5.32 Å². The molecule has 1 aromatic rings. The number of ether oxygens (including phenoxy) is 2. The van der Waals surface area contributed by atoms with Crippen molar-refractivity contribution < 1.29 is 38.7 Å². The summed E-state index contributed by atoms with van der Waals surface area (Å²) in [6.07, 6.45) is 9.35. The van der Waals surface area contributed by atoms with E-state index in [1.807, 2.05) is 0 Å². The number of benzene rings is 1. The summed E-state index contributed by atoms with van der Waals surface area (Å²) in [6, 6.07) is 3.47. The lowest BCUT2D eigenvalue weighted by Gasteiger charge is -2.61. The highest BCUT2D eigenvalue weighted by atomic mass is 16.6. The van der Waals surface area contributed by atoms with E-state index in [0.29, 0.717) is 54.8 Å². The van der Waals surface area contributed by atoms with E-state index in [1.54, 1.807) is 0 Å². The third-order valence-corrected chi connectivity index (χ3v) is 13.3. The van der Waals surface area contributed by atoms with Crippen LogP contribution in [-0.4, -0.2) is 59.1 Å². The van der Waals surface area contributed by atoms with Crippen LogP contribution in [-0.2, 0) is 23.9 Å². The number of nitro benzene ring substituents is 1. The van der Waals surface area contributed by atoms with Gasteiger partial charge in [-0.05, 0) is 128 Å². The Hall–Kier alpha value is -4.19. The first-order valence-corrected chi connectivity index (χ1v) is 18.4. The highest BCUT2D eigenvalue weighted by molar-refractivity contribution is 5.97. The zero-order valence-electron chi connectivity index (χ0n) is 29.8. The number of rotatable bonds is 14. The Morgan fingerprint density at radius 1 is 1.06 bits per heavy atom. The van der Waals surface area contributed by atoms with Crippen LogP contribution in [0.25, 0.3) is 10.4 Å². The number of nitrogens with zero attached hydrogens (tertiary/aromatic N) is 4. The molecule has 4 saturated carbocycles. The summed E-state index contributed by atoms with van der Waals surface area (Å²) in [6.45, 7) is 7.45. The van der Waals surface area contributed by atoms with Crippen LogP contribution in [0.15, 0.2) is 29.4 Å². The molecule has 0 radical (unpaired) electrons. The molecule has 4 fully saturated rings. The van der Waals surface area contributed by atoms with E-state index in [1.165, 1.54) is 37.1 Å². The lowest BCUT2D eigenvalue weighted by Crippen LogP contribution is -2.54. The van der Waals surface area contributed by atoms with Gasteiger partial charge in [-0.1, -0.05) is 25.9 Å². The van der Waals surface area contributed by atoms with Crippen LogP contribution in [0.5, 0.6) is 0 Å². The fraction of sp³-hybridized carbons (Fsp3) is 0.730. The lowest BCUT2D eigenvalue weighted by atomic mass is 9.44. The highest BCUT2D eigenvalue weighted by Gasteiger charge is 2.60. The summed E-state index contributed by atoms with van der Waals surface area (Å²) in [5.74, 6) is 0.218. The third-order valence-electron chi connectivity index (χ3n) is 13.3. The van der Waals surface area contributed by atoms with Crippen molar-refractivity contribution >= 4 is 29.5 Å².